The first kappa shape index (κ1) is 20.8. The van der Waals surface area contributed by atoms with Gasteiger partial charge < -0.3 is 10.6 Å². The van der Waals surface area contributed by atoms with Crippen LogP contribution in [0.3, 0.4) is 0 Å². The van der Waals surface area contributed by atoms with E-state index >= 15 is 0 Å². The molecule has 0 aliphatic rings. The molecule has 2 aromatic carbocycles. The van der Waals surface area contributed by atoms with Crippen LogP contribution in [0.2, 0.25) is 0 Å². The standard InChI is InChI=1S/C18H22F2N4O2S/c1-13-3-6-16(7-4-13)27(25,26)24-10-9-22-18(21-2)23-12-14-11-15(19)5-8-17(14)20/h3-8,11,24H,9-10,12H2,1-2H3,(H2,21,22,23). The number of rotatable bonds is 7. The maximum Gasteiger partial charge on any atom is 0.240 e. The minimum absolute atomic E-state index is 0.0400. The average Bonchev–Trinajstić information content (AvgIpc) is 2.64. The van der Waals surface area contributed by atoms with Crippen molar-refractivity contribution in [1.29, 1.82) is 0 Å². The van der Waals surface area contributed by atoms with E-state index in [-0.39, 0.29) is 30.1 Å². The Bertz CT molecular complexity index is 900. The summed E-state index contributed by atoms with van der Waals surface area (Å²) in [5.41, 5.74) is 1.14. The molecule has 0 saturated carbocycles. The van der Waals surface area contributed by atoms with E-state index in [4.69, 9.17) is 0 Å². The van der Waals surface area contributed by atoms with Gasteiger partial charge in [-0.05, 0) is 37.3 Å². The lowest BCUT2D eigenvalue weighted by Gasteiger charge is -2.13. The zero-order valence-corrected chi connectivity index (χ0v) is 15.9. The molecule has 2 rings (SSSR count). The van der Waals surface area contributed by atoms with Crippen molar-refractivity contribution < 1.29 is 17.2 Å². The van der Waals surface area contributed by atoms with Crippen LogP contribution < -0.4 is 15.4 Å². The number of benzene rings is 2. The lowest BCUT2D eigenvalue weighted by molar-refractivity contribution is 0.578. The molecule has 0 aliphatic heterocycles. The maximum absolute atomic E-state index is 13.6. The number of nitrogens with one attached hydrogen (secondary N) is 3. The van der Waals surface area contributed by atoms with Gasteiger partial charge in [0.2, 0.25) is 10.0 Å². The number of hydrogen-bond acceptors (Lipinski definition) is 3. The summed E-state index contributed by atoms with van der Waals surface area (Å²) in [6, 6.07) is 9.74. The largest absolute Gasteiger partial charge is 0.355 e. The van der Waals surface area contributed by atoms with Gasteiger partial charge in [0.1, 0.15) is 11.6 Å². The molecule has 0 bridgehead atoms. The van der Waals surface area contributed by atoms with Crippen LogP contribution in [-0.4, -0.2) is 34.5 Å². The fourth-order valence-corrected chi connectivity index (χ4v) is 3.28. The van der Waals surface area contributed by atoms with Crippen LogP contribution in [-0.2, 0) is 16.6 Å². The smallest absolute Gasteiger partial charge is 0.240 e. The molecule has 9 heteroatoms. The van der Waals surface area contributed by atoms with Gasteiger partial charge in [0.15, 0.2) is 5.96 Å². The molecule has 0 aliphatic carbocycles. The van der Waals surface area contributed by atoms with E-state index in [0.717, 1.165) is 23.8 Å². The van der Waals surface area contributed by atoms with Crippen molar-refractivity contribution in [3.8, 4) is 0 Å². The Kier molecular flexibility index (Phi) is 7.26. The summed E-state index contributed by atoms with van der Waals surface area (Å²) in [5.74, 6) is -0.708. The van der Waals surface area contributed by atoms with Crippen LogP contribution in [0.1, 0.15) is 11.1 Å². The van der Waals surface area contributed by atoms with E-state index in [0.29, 0.717) is 5.96 Å². The van der Waals surface area contributed by atoms with E-state index in [1.54, 1.807) is 24.3 Å². The van der Waals surface area contributed by atoms with E-state index in [1.165, 1.54) is 7.05 Å². The molecule has 146 valence electrons. The average molecular weight is 396 g/mol. The molecule has 0 unspecified atom stereocenters. The van der Waals surface area contributed by atoms with Gasteiger partial charge in [-0.25, -0.2) is 21.9 Å². The van der Waals surface area contributed by atoms with Crippen LogP contribution in [0.25, 0.3) is 0 Å². The van der Waals surface area contributed by atoms with Gasteiger partial charge in [0, 0.05) is 32.2 Å². The van der Waals surface area contributed by atoms with Crippen LogP contribution in [0, 0.1) is 18.6 Å². The van der Waals surface area contributed by atoms with Gasteiger partial charge in [0.25, 0.3) is 0 Å². The van der Waals surface area contributed by atoms with Gasteiger partial charge in [-0.3, -0.25) is 4.99 Å². The molecule has 27 heavy (non-hydrogen) atoms. The summed E-state index contributed by atoms with van der Waals surface area (Å²) in [4.78, 5) is 4.15. The van der Waals surface area contributed by atoms with Crippen molar-refractivity contribution >= 4 is 16.0 Å². The maximum atomic E-state index is 13.6. The normalized spacial score (nSPS) is 12.1. The molecule has 6 nitrogen and oxygen atoms in total. The minimum Gasteiger partial charge on any atom is -0.355 e. The fraction of sp³-hybridized carbons (Fsp3) is 0.278. The summed E-state index contributed by atoms with van der Waals surface area (Å²) in [5, 5.41) is 5.75. The van der Waals surface area contributed by atoms with Gasteiger partial charge in [-0.1, -0.05) is 17.7 Å². The van der Waals surface area contributed by atoms with E-state index in [2.05, 4.69) is 20.3 Å². The second-order valence-corrected chi connectivity index (χ2v) is 7.57. The first-order valence-electron chi connectivity index (χ1n) is 8.26. The zero-order valence-electron chi connectivity index (χ0n) is 15.1. The molecule has 0 spiro atoms. The van der Waals surface area contributed by atoms with Crippen molar-refractivity contribution in [2.45, 2.75) is 18.4 Å². The van der Waals surface area contributed by atoms with Crippen LogP contribution in [0.15, 0.2) is 52.4 Å². The van der Waals surface area contributed by atoms with Gasteiger partial charge >= 0.3 is 0 Å². The van der Waals surface area contributed by atoms with E-state index in [9.17, 15) is 17.2 Å². The number of halogens is 2. The quantitative estimate of drug-likeness (QED) is 0.379. The minimum atomic E-state index is -3.59. The van der Waals surface area contributed by atoms with Gasteiger partial charge in [0.05, 0.1) is 4.90 Å². The van der Waals surface area contributed by atoms with Crippen LogP contribution >= 0.6 is 0 Å². The summed E-state index contributed by atoms with van der Waals surface area (Å²) >= 11 is 0. The third-order valence-corrected chi connectivity index (χ3v) is 5.20. The molecule has 0 amide bonds. The Hall–Kier alpha value is -2.52. The summed E-state index contributed by atoms with van der Waals surface area (Å²) in [6.07, 6.45) is 0. The zero-order chi connectivity index (χ0) is 19.9. The molecule has 0 heterocycles. The Morgan fingerprint density at radius 3 is 2.41 bits per heavy atom. The van der Waals surface area contributed by atoms with Crippen molar-refractivity contribution in [2.75, 3.05) is 20.1 Å². The molecule has 0 fully saturated rings. The topological polar surface area (TPSA) is 82.6 Å². The van der Waals surface area contributed by atoms with Crippen molar-refractivity contribution in [2.24, 2.45) is 4.99 Å². The Balaban J connectivity index is 1.81. The molecular formula is C18H22F2N4O2S. The highest BCUT2D eigenvalue weighted by Crippen LogP contribution is 2.10. The number of aryl methyl sites for hydroxylation is 1. The summed E-state index contributed by atoms with van der Waals surface area (Å²) in [6.45, 7) is 2.31. The predicted molar refractivity (Wildman–Crippen MR) is 101 cm³/mol. The van der Waals surface area contributed by atoms with Crippen molar-refractivity contribution in [1.82, 2.24) is 15.4 Å². The highest BCUT2D eigenvalue weighted by atomic mass is 32.2. The van der Waals surface area contributed by atoms with E-state index in [1.807, 2.05) is 6.92 Å². The second kappa shape index (κ2) is 9.43. The Morgan fingerprint density at radius 2 is 1.74 bits per heavy atom. The number of aliphatic imine (C=N–C) groups is 1. The highest BCUT2D eigenvalue weighted by Gasteiger charge is 2.12. The number of guanidine groups is 1. The van der Waals surface area contributed by atoms with Crippen molar-refractivity contribution in [3.63, 3.8) is 0 Å². The van der Waals surface area contributed by atoms with Crippen LogP contribution in [0.5, 0.6) is 0 Å². The fourth-order valence-electron chi connectivity index (χ4n) is 2.25. The van der Waals surface area contributed by atoms with Gasteiger partial charge in [-0.2, -0.15) is 0 Å². The SMILES string of the molecule is CN=C(NCCNS(=O)(=O)c1ccc(C)cc1)NCc1cc(F)ccc1F. The highest BCUT2D eigenvalue weighted by molar-refractivity contribution is 7.89. The molecular weight excluding hydrogens is 374 g/mol. The number of nitrogens with zero attached hydrogens (tertiary/aromatic N) is 1. The van der Waals surface area contributed by atoms with Gasteiger partial charge in [-0.15, -0.1) is 0 Å². The Labute approximate surface area is 157 Å². The summed E-state index contributed by atoms with van der Waals surface area (Å²) in [7, 11) is -2.07. The lowest BCUT2D eigenvalue weighted by atomic mass is 10.2. The lowest BCUT2D eigenvalue weighted by Crippen LogP contribution is -2.41. The first-order valence-corrected chi connectivity index (χ1v) is 9.75. The first-order chi connectivity index (χ1) is 12.8. The second-order valence-electron chi connectivity index (χ2n) is 5.80. The third-order valence-electron chi connectivity index (χ3n) is 3.72. The summed E-state index contributed by atoms with van der Waals surface area (Å²) < 4.78 is 53.6. The van der Waals surface area contributed by atoms with Crippen molar-refractivity contribution in [3.05, 3.63) is 65.2 Å². The number of sulfonamides is 1. The molecule has 0 atom stereocenters. The number of hydrogen-bond donors (Lipinski definition) is 3. The third kappa shape index (κ3) is 6.30. The molecule has 3 N–H and O–H groups in total. The monoisotopic (exact) mass is 396 g/mol. The molecule has 0 saturated heterocycles. The molecule has 2 aromatic rings. The van der Waals surface area contributed by atoms with Crippen LogP contribution in [0.4, 0.5) is 8.78 Å². The van der Waals surface area contributed by atoms with E-state index < -0.39 is 21.7 Å². The predicted octanol–water partition coefficient (Wildman–Crippen LogP) is 1.92. The molecule has 0 aromatic heterocycles. The molecule has 0 radical (unpaired) electrons. The Morgan fingerprint density at radius 1 is 1.04 bits per heavy atom.